The van der Waals surface area contributed by atoms with Crippen LogP contribution in [0.1, 0.15) is 36.7 Å². The highest BCUT2D eigenvalue weighted by Gasteiger charge is 2.10. The number of carbonyl (C=O) groups is 1. The average Bonchev–Trinajstić information content (AvgIpc) is 2.62. The van der Waals surface area contributed by atoms with Gasteiger partial charge >= 0.3 is 0 Å². The number of hydrogen-bond donors (Lipinski definition) is 1. The molecule has 0 aliphatic rings. The van der Waals surface area contributed by atoms with Gasteiger partial charge in [-0.25, -0.2) is 0 Å². The van der Waals surface area contributed by atoms with Crippen LogP contribution in [0.5, 0.6) is 23.0 Å². The highest BCUT2D eigenvalue weighted by atomic mass is 16.5. The van der Waals surface area contributed by atoms with Crippen LogP contribution in [0.4, 0.5) is 0 Å². The molecule has 2 rings (SSSR count). The average molecular weight is 356 g/mol. The van der Waals surface area contributed by atoms with E-state index in [0.29, 0.717) is 37.1 Å². The van der Waals surface area contributed by atoms with Gasteiger partial charge in [-0.3, -0.25) is 4.79 Å². The van der Waals surface area contributed by atoms with Gasteiger partial charge in [0.05, 0.1) is 25.4 Å². The molecule has 0 amide bonds. The molecular formula is C21H24O5. The second kappa shape index (κ2) is 9.51. The molecule has 0 aliphatic carbocycles. The van der Waals surface area contributed by atoms with E-state index in [1.54, 1.807) is 24.3 Å². The van der Waals surface area contributed by atoms with Gasteiger partial charge in [0.2, 0.25) is 0 Å². The maximum absolute atomic E-state index is 12.4. The molecule has 0 fully saturated rings. The summed E-state index contributed by atoms with van der Waals surface area (Å²) in [6.45, 7) is 7.22. The summed E-state index contributed by atoms with van der Waals surface area (Å²) in [4.78, 5) is 12.4. The first-order valence-corrected chi connectivity index (χ1v) is 8.66. The third-order valence-electron chi connectivity index (χ3n) is 3.56. The number of allylic oxidation sites excluding steroid dienone is 1. The Hall–Kier alpha value is -2.95. The minimum absolute atomic E-state index is 0.109. The van der Waals surface area contributed by atoms with Crippen molar-refractivity contribution in [2.24, 2.45) is 0 Å². The Kier molecular flexibility index (Phi) is 7.09. The van der Waals surface area contributed by atoms with Gasteiger partial charge in [0.25, 0.3) is 0 Å². The molecule has 5 heteroatoms. The van der Waals surface area contributed by atoms with Crippen molar-refractivity contribution in [2.75, 3.05) is 19.8 Å². The second-order valence-corrected chi connectivity index (χ2v) is 5.38. The predicted octanol–water partition coefficient (Wildman–Crippen LogP) is 4.48. The molecule has 0 saturated heterocycles. The van der Waals surface area contributed by atoms with Crippen LogP contribution in [0, 0.1) is 0 Å². The van der Waals surface area contributed by atoms with Crippen LogP contribution < -0.4 is 14.2 Å². The van der Waals surface area contributed by atoms with Crippen LogP contribution in [0.3, 0.4) is 0 Å². The summed E-state index contributed by atoms with van der Waals surface area (Å²) in [5.41, 5.74) is 0.975. The topological polar surface area (TPSA) is 65.0 Å². The molecular weight excluding hydrogens is 332 g/mol. The fraction of sp³-hybridized carbons (Fsp3) is 0.286. The molecule has 0 atom stereocenters. The van der Waals surface area contributed by atoms with Crippen molar-refractivity contribution in [3.05, 3.63) is 53.6 Å². The van der Waals surface area contributed by atoms with Gasteiger partial charge in [-0.1, -0.05) is 0 Å². The van der Waals surface area contributed by atoms with Crippen molar-refractivity contribution in [1.82, 2.24) is 0 Å². The van der Waals surface area contributed by atoms with Gasteiger partial charge in [0.15, 0.2) is 5.78 Å². The molecule has 0 unspecified atom stereocenters. The van der Waals surface area contributed by atoms with E-state index < -0.39 is 0 Å². The lowest BCUT2D eigenvalue weighted by molar-refractivity contribution is 0.104. The Morgan fingerprint density at radius 2 is 1.54 bits per heavy atom. The molecule has 0 saturated carbocycles. The Morgan fingerprint density at radius 3 is 2.15 bits per heavy atom. The molecule has 2 aromatic carbocycles. The van der Waals surface area contributed by atoms with Gasteiger partial charge in [0.1, 0.15) is 23.0 Å². The summed E-state index contributed by atoms with van der Waals surface area (Å²) in [5.74, 6) is 1.46. The van der Waals surface area contributed by atoms with Crippen LogP contribution in [0.25, 0.3) is 6.08 Å². The summed E-state index contributed by atoms with van der Waals surface area (Å²) >= 11 is 0. The van der Waals surface area contributed by atoms with Crippen molar-refractivity contribution in [2.45, 2.75) is 20.8 Å². The predicted molar refractivity (Wildman–Crippen MR) is 101 cm³/mol. The normalized spacial score (nSPS) is 10.7. The van der Waals surface area contributed by atoms with Gasteiger partial charge < -0.3 is 19.3 Å². The van der Waals surface area contributed by atoms with E-state index in [0.717, 1.165) is 5.56 Å². The number of hydrogen-bond acceptors (Lipinski definition) is 5. The van der Waals surface area contributed by atoms with Gasteiger partial charge in [-0.2, -0.15) is 0 Å². The van der Waals surface area contributed by atoms with Crippen LogP contribution in [0.15, 0.2) is 42.5 Å². The second-order valence-electron chi connectivity index (χ2n) is 5.38. The largest absolute Gasteiger partial charge is 0.507 e. The highest BCUT2D eigenvalue weighted by Crippen LogP contribution is 2.28. The van der Waals surface area contributed by atoms with E-state index >= 15 is 0 Å². The van der Waals surface area contributed by atoms with E-state index in [2.05, 4.69) is 0 Å². The van der Waals surface area contributed by atoms with Crippen LogP contribution in [0.2, 0.25) is 0 Å². The Bertz CT molecular complexity index is 780. The van der Waals surface area contributed by atoms with Crippen molar-refractivity contribution in [3.8, 4) is 23.0 Å². The van der Waals surface area contributed by atoms with E-state index in [1.165, 1.54) is 12.1 Å². The lowest BCUT2D eigenvalue weighted by Gasteiger charge is -2.10. The Balaban J connectivity index is 2.21. The molecule has 0 heterocycles. The van der Waals surface area contributed by atoms with E-state index in [1.807, 2.05) is 32.9 Å². The quantitative estimate of drug-likeness (QED) is 0.530. The van der Waals surface area contributed by atoms with Gasteiger partial charge in [-0.15, -0.1) is 0 Å². The molecule has 2 aromatic rings. The minimum Gasteiger partial charge on any atom is -0.507 e. The lowest BCUT2D eigenvalue weighted by atomic mass is 10.1. The monoisotopic (exact) mass is 356 g/mol. The first-order chi connectivity index (χ1) is 12.6. The molecule has 138 valence electrons. The number of benzene rings is 2. The number of ether oxygens (including phenoxy) is 3. The van der Waals surface area contributed by atoms with Crippen molar-refractivity contribution >= 4 is 11.9 Å². The Labute approximate surface area is 153 Å². The summed E-state index contributed by atoms with van der Waals surface area (Å²) in [6, 6.07) is 10.1. The first-order valence-electron chi connectivity index (χ1n) is 8.66. The first kappa shape index (κ1) is 19.4. The number of aromatic hydroxyl groups is 1. The summed E-state index contributed by atoms with van der Waals surface area (Å²) in [6.07, 6.45) is 3.08. The smallest absolute Gasteiger partial charge is 0.189 e. The van der Waals surface area contributed by atoms with Crippen molar-refractivity contribution < 1.29 is 24.1 Å². The van der Waals surface area contributed by atoms with E-state index in [-0.39, 0.29) is 17.1 Å². The summed E-state index contributed by atoms with van der Waals surface area (Å²) < 4.78 is 16.4. The SMILES string of the molecule is CCOc1ccc(C(=O)C=Cc2ccc(OCC)cc2OCC)c(O)c1. The van der Waals surface area contributed by atoms with Crippen molar-refractivity contribution in [1.29, 1.82) is 0 Å². The number of phenolic OH excluding ortho intramolecular Hbond substituents is 1. The third kappa shape index (κ3) is 5.02. The zero-order chi connectivity index (χ0) is 18.9. The van der Waals surface area contributed by atoms with Crippen LogP contribution in [-0.2, 0) is 0 Å². The van der Waals surface area contributed by atoms with Crippen molar-refractivity contribution in [3.63, 3.8) is 0 Å². The fourth-order valence-corrected chi connectivity index (χ4v) is 2.42. The highest BCUT2D eigenvalue weighted by molar-refractivity contribution is 6.08. The molecule has 0 radical (unpaired) electrons. The molecule has 26 heavy (non-hydrogen) atoms. The fourth-order valence-electron chi connectivity index (χ4n) is 2.42. The molecule has 5 nitrogen and oxygen atoms in total. The minimum atomic E-state index is -0.304. The number of phenols is 1. The lowest BCUT2D eigenvalue weighted by Crippen LogP contribution is -1.98. The van der Waals surface area contributed by atoms with E-state index in [9.17, 15) is 9.90 Å². The zero-order valence-electron chi connectivity index (χ0n) is 15.3. The maximum atomic E-state index is 12.4. The van der Waals surface area contributed by atoms with Crippen LogP contribution in [-0.4, -0.2) is 30.7 Å². The summed E-state index contributed by atoms with van der Waals surface area (Å²) in [7, 11) is 0. The number of rotatable bonds is 9. The molecule has 0 aliphatic heterocycles. The maximum Gasteiger partial charge on any atom is 0.189 e. The molecule has 0 bridgehead atoms. The molecule has 0 spiro atoms. The van der Waals surface area contributed by atoms with Gasteiger partial charge in [0, 0.05) is 17.7 Å². The van der Waals surface area contributed by atoms with E-state index in [4.69, 9.17) is 14.2 Å². The third-order valence-corrected chi connectivity index (χ3v) is 3.56. The number of carbonyl (C=O) groups excluding carboxylic acids is 1. The summed E-state index contributed by atoms with van der Waals surface area (Å²) in [5, 5.41) is 10.0. The number of ketones is 1. The zero-order valence-corrected chi connectivity index (χ0v) is 15.3. The Morgan fingerprint density at radius 1 is 0.923 bits per heavy atom. The standard InChI is InChI=1S/C21H24O5/c1-4-24-16-10-11-18(20(23)13-16)19(22)12-8-15-7-9-17(25-5-2)14-21(15)26-6-3/h7-14,23H,4-6H2,1-3H3. The molecule has 1 N–H and O–H groups in total. The van der Waals surface area contributed by atoms with Crippen LogP contribution >= 0.6 is 0 Å². The molecule has 0 aromatic heterocycles. The van der Waals surface area contributed by atoms with Gasteiger partial charge in [-0.05, 0) is 57.2 Å².